The maximum absolute atomic E-state index is 9.20. The number of nitrogens with zero attached hydrogens (tertiary/aromatic N) is 3. The van der Waals surface area contributed by atoms with Crippen LogP contribution in [0.2, 0.25) is 0 Å². The number of nitriles is 1. The van der Waals surface area contributed by atoms with Gasteiger partial charge in [-0.3, -0.25) is 0 Å². The van der Waals surface area contributed by atoms with Gasteiger partial charge < -0.3 is 5.11 Å². The molecule has 0 aliphatic rings. The summed E-state index contributed by atoms with van der Waals surface area (Å²) in [6.07, 6.45) is 0. The van der Waals surface area contributed by atoms with E-state index in [9.17, 15) is 5.11 Å². The molecule has 0 bridgehead atoms. The van der Waals surface area contributed by atoms with Gasteiger partial charge in [-0.25, -0.2) is 4.68 Å². The highest BCUT2D eigenvalue weighted by molar-refractivity contribution is 5.44. The molecule has 0 atom stereocenters. The Hall–Kier alpha value is -2.28. The molecule has 4 heteroatoms. The first-order valence-corrected chi connectivity index (χ1v) is 4.89. The van der Waals surface area contributed by atoms with E-state index in [4.69, 9.17) is 5.26 Å². The van der Waals surface area contributed by atoms with E-state index >= 15 is 0 Å². The van der Waals surface area contributed by atoms with Crippen molar-refractivity contribution in [1.82, 2.24) is 9.78 Å². The first-order chi connectivity index (χ1) is 7.63. The molecule has 0 radical (unpaired) electrons. The highest BCUT2D eigenvalue weighted by Crippen LogP contribution is 2.18. The molecule has 1 N–H and O–H groups in total. The van der Waals surface area contributed by atoms with E-state index in [2.05, 4.69) is 11.2 Å². The largest absolute Gasteiger partial charge is 0.508 e. The van der Waals surface area contributed by atoms with E-state index in [-0.39, 0.29) is 5.75 Å². The second kappa shape index (κ2) is 3.70. The lowest BCUT2D eigenvalue weighted by atomic mass is 10.2. The van der Waals surface area contributed by atoms with Crippen LogP contribution in [0.25, 0.3) is 5.69 Å². The second-order valence-corrected chi connectivity index (χ2v) is 3.59. The summed E-state index contributed by atoms with van der Waals surface area (Å²) in [4.78, 5) is 0. The van der Waals surface area contributed by atoms with Crippen LogP contribution in [-0.2, 0) is 0 Å². The number of aryl methyl sites for hydroxylation is 1. The van der Waals surface area contributed by atoms with Crippen LogP contribution in [0.5, 0.6) is 5.75 Å². The molecule has 0 saturated carbocycles. The molecule has 80 valence electrons. The molecule has 0 unspecified atom stereocenters. The lowest BCUT2D eigenvalue weighted by molar-refractivity contribution is 0.475. The minimum absolute atomic E-state index is 0.214. The standard InChI is InChI=1S/C12H11N3O/c1-8-12(7-13)9(2)15(14-8)10-3-5-11(16)6-4-10/h3-6,16H,1-2H3. The van der Waals surface area contributed by atoms with Gasteiger partial charge in [0.1, 0.15) is 11.8 Å². The summed E-state index contributed by atoms with van der Waals surface area (Å²) in [6, 6.07) is 8.84. The van der Waals surface area contributed by atoms with Crippen molar-refractivity contribution >= 4 is 0 Å². The fraction of sp³-hybridized carbons (Fsp3) is 0.167. The average molecular weight is 213 g/mol. The van der Waals surface area contributed by atoms with Crippen molar-refractivity contribution in [1.29, 1.82) is 5.26 Å². The molecular weight excluding hydrogens is 202 g/mol. The molecule has 0 saturated heterocycles. The summed E-state index contributed by atoms with van der Waals surface area (Å²) in [5.41, 5.74) is 2.96. The van der Waals surface area contributed by atoms with Crippen LogP contribution >= 0.6 is 0 Å². The SMILES string of the molecule is Cc1nn(-c2ccc(O)cc2)c(C)c1C#N. The zero-order chi connectivity index (χ0) is 11.7. The highest BCUT2D eigenvalue weighted by atomic mass is 16.3. The zero-order valence-electron chi connectivity index (χ0n) is 9.10. The summed E-state index contributed by atoms with van der Waals surface area (Å²) >= 11 is 0. The van der Waals surface area contributed by atoms with Gasteiger partial charge in [-0.1, -0.05) is 0 Å². The number of hydrogen-bond donors (Lipinski definition) is 1. The third-order valence-electron chi connectivity index (χ3n) is 2.50. The Morgan fingerprint density at radius 1 is 1.25 bits per heavy atom. The van der Waals surface area contributed by atoms with Crippen LogP contribution in [-0.4, -0.2) is 14.9 Å². The van der Waals surface area contributed by atoms with Crippen LogP contribution in [0.1, 0.15) is 17.0 Å². The average Bonchev–Trinajstić information content (AvgIpc) is 2.55. The zero-order valence-corrected chi connectivity index (χ0v) is 9.10. The van der Waals surface area contributed by atoms with Crippen molar-refractivity contribution in [2.45, 2.75) is 13.8 Å². The first-order valence-electron chi connectivity index (χ1n) is 4.89. The van der Waals surface area contributed by atoms with Gasteiger partial charge in [0, 0.05) is 0 Å². The van der Waals surface area contributed by atoms with Crippen LogP contribution < -0.4 is 0 Å². The van der Waals surface area contributed by atoms with Gasteiger partial charge in [0.05, 0.1) is 22.6 Å². The summed E-state index contributed by atoms with van der Waals surface area (Å²) < 4.78 is 1.70. The molecule has 0 amide bonds. The second-order valence-electron chi connectivity index (χ2n) is 3.59. The molecule has 1 aromatic carbocycles. The Morgan fingerprint density at radius 3 is 2.38 bits per heavy atom. The van der Waals surface area contributed by atoms with Gasteiger partial charge >= 0.3 is 0 Å². The lowest BCUT2D eigenvalue weighted by Gasteiger charge is -2.03. The third-order valence-corrected chi connectivity index (χ3v) is 2.50. The number of phenolic OH excluding ortho intramolecular Hbond substituents is 1. The quantitative estimate of drug-likeness (QED) is 0.788. The topological polar surface area (TPSA) is 61.8 Å². The normalized spacial score (nSPS) is 10.1. The van der Waals surface area contributed by atoms with Crippen LogP contribution in [0.4, 0.5) is 0 Å². The molecule has 0 spiro atoms. The molecule has 0 fully saturated rings. The van der Waals surface area contributed by atoms with Crippen LogP contribution in [0.3, 0.4) is 0 Å². The smallest absolute Gasteiger partial charge is 0.115 e. The van der Waals surface area contributed by atoms with Crippen molar-refractivity contribution in [3.63, 3.8) is 0 Å². The van der Waals surface area contributed by atoms with Crippen molar-refractivity contribution in [2.24, 2.45) is 0 Å². The number of hydrogen-bond acceptors (Lipinski definition) is 3. The fourth-order valence-corrected chi connectivity index (χ4v) is 1.65. The van der Waals surface area contributed by atoms with Crippen LogP contribution in [0.15, 0.2) is 24.3 Å². The van der Waals surface area contributed by atoms with Gasteiger partial charge in [0.25, 0.3) is 0 Å². The monoisotopic (exact) mass is 213 g/mol. The van der Waals surface area contributed by atoms with Gasteiger partial charge in [0.15, 0.2) is 0 Å². The number of aromatic nitrogens is 2. The number of aromatic hydroxyl groups is 1. The maximum atomic E-state index is 9.20. The Morgan fingerprint density at radius 2 is 1.88 bits per heavy atom. The van der Waals surface area contributed by atoms with E-state index in [0.29, 0.717) is 11.3 Å². The molecule has 2 rings (SSSR count). The summed E-state index contributed by atoms with van der Waals surface area (Å²) in [6.45, 7) is 3.66. The minimum Gasteiger partial charge on any atom is -0.508 e. The molecule has 1 heterocycles. The molecule has 0 aliphatic carbocycles. The first kappa shape index (κ1) is 10.2. The molecule has 1 aromatic heterocycles. The molecule has 4 nitrogen and oxygen atoms in total. The number of benzene rings is 1. The molecule has 2 aromatic rings. The van der Waals surface area contributed by atoms with Crippen molar-refractivity contribution in [3.8, 4) is 17.5 Å². The Labute approximate surface area is 93.4 Å². The highest BCUT2D eigenvalue weighted by Gasteiger charge is 2.11. The predicted octanol–water partition coefficient (Wildman–Crippen LogP) is 2.07. The van der Waals surface area contributed by atoms with Crippen molar-refractivity contribution in [2.75, 3.05) is 0 Å². The predicted molar refractivity (Wildman–Crippen MR) is 59.4 cm³/mol. The fourth-order valence-electron chi connectivity index (χ4n) is 1.65. The molecule has 16 heavy (non-hydrogen) atoms. The molecular formula is C12H11N3O. The minimum atomic E-state index is 0.214. The van der Waals surface area contributed by atoms with E-state index < -0.39 is 0 Å². The summed E-state index contributed by atoms with van der Waals surface area (Å²) in [7, 11) is 0. The van der Waals surface area contributed by atoms with Crippen molar-refractivity contribution < 1.29 is 5.11 Å². The van der Waals surface area contributed by atoms with Crippen molar-refractivity contribution in [3.05, 3.63) is 41.2 Å². The summed E-state index contributed by atoms with van der Waals surface area (Å²) in [5, 5.41) is 22.5. The lowest BCUT2D eigenvalue weighted by Crippen LogP contribution is -1.98. The van der Waals surface area contributed by atoms with Gasteiger partial charge in [-0.05, 0) is 38.1 Å². The summed E-state index contributed by atoms with van der Waals surface area (Å²) in [5.74, 6) is 0.214. The van der Waals surface area contributed by atoms with Gasteiger partial charge in [-0.15, -0.1) is 0 Å². The van der Waals surface area contributed by atoms with Gasteiger partial charge in [-0.2, -0.15) is 10.4 Å². The Balaban J connectivity index is 2.58. The maximum Gasteiger partial charge on any atom is 0.115 e. The number of phenols is 1. The van der Waals surface area contributed by atoms with E-state index in [1.54, 1.807) is 28.9 Å². The van der Waals surface area contributed by atoms with E-state index in [1.165, 1.54) is 0 Å². The Kier molecular flexibility index (Phi) is 2.37. The van der Waals surface area contributed by atoms with E-state index in [1.807, 2.05) is 13.8 Å². The molecule has 0 aliphatic heterocycles. The van der Waals surface area contributed by atoms with E-state index in [0.717, 1.165) is 11.4 Å². The van der Waals surface area contributed by atoms with Gasteiger partial charge in [0.2, 0.25) is 0 Å². The third kappa shape index (κ3) is 1.52. The van der Waals surface area contributed by atoms with Crippen LogP contribution in [0, 0.1) is 25.2 Å². The Bertz CT molecular complexity index is 561. The number of rotatable bonds is 1.